The lowest BCUT2D eigenvalue weighted by Crippen LogP contribution is -2.54. The molecule has 43 heavy (non-hydrogen) atoms. The van der Waals surface area contributed by atoms with Gasteiger partial charge < -0.3 is 24.8 Å². The van der Waals surface area contributed by atoms with Gasteiger partial charge in [0.05, 0.1) is 29.7 Å². The normalized spacial score (nSPS) is 21.7. The summed E-state index contributed by atoms with van der Waals surface area (Å²) in [6, 6.07) is 10.5. The molecule has 0 bridgehead atoms. The molecule has 5 rings (SSSR count). The van der Waals surface area contributed by atoms with Crippen molar-refractivity contribution in [3.63, 3.8) is 0 Å². The Bertz CT molecular complexity index is 1540. The highest BCUT2D eigenvalue weighted by atomic mass is 19.3. The number of alkyl halides is 2. The van der Waals surface area contributed by atoms with Crippen molar-refractivity contribution in [2.24, 2.45) is 0 Å². The van der Waals surface area contributed by atoms with Gasteiger partial charge in [0.2, 0.25) is 19.2 Å². The van der Waals surface area contributed by atoms with E-state index in [1.54, 1.807) is 57.2 Å². The second-order valence-electron chi connectivity index (χ2n) is 12.3. The third kappa shape index (κ3) is 6.20. The molecular formula is C31H36F2N4O6. The van der Waals surface area contributed by atoms with Crippen LogP contribution < -0.4 is 10.1 Å². The van der Waals surface area contributed by atoms with Crippen LogP contribution in [0.15, 0.2) is 48.7 Å². The molecule has 2 N–H and O–H groups in total. The topological polar surface area (TPSA) is 123 Å². The molecule has 2 amide bonds. The third-order valence-corrected chi connectivity index (χ3v) is 8.10. The maximum absolute atomic E-state index is 14.3. The molecule has 1 aromatic carbocycles. The minimum Gasteiger partial charge on any atom is -0.497 e. The van der Waals surface area contributed by atoms with Crippen LogP contribution in [0, 0.1) is 0 Å². The summed E-state index contributed by atoms with van der Waals surface area (Å²) in [7, 11) is 1.51. The van der Waals surface area contributed by atoms with E-state index in [9.17, 15) is 23.2 Å². The number of aromatic nitrogens is 2. The number of hydrogen-bond donors (Lipinski definition) is 2. The number of halogens is 2. The van der Waals surface area contributed by atoms with Crippen molar-refractivity contribution < 1.29 is 37.7 Å². The van der Waals surface area contributed by atoms with E-state index in [1.807, 2.05) is 0 Å². The molecule has 2 fully saturated rings. The fourth-order valence-electron chi connectivity index (χ4n) is 5.89. The van der Waals surface area contributed by atoms with Crippen LogP contribution in [0.4, 0.5) is 19.4 Å². The molecule has 1 saturated carbocycles. The number of amides is 2. The number of likely N-dealkylation sites (tertiary alicyclic amines) is 1. The molecule has 3 heterocycles. The van der Waals surface area contributed by atoms with Crippen molar-refractivity contribution in [3.05, 3.63) is 54.2 Å². The number of rotatable bonds is 6. The number of aliphatic hydroxyl groups excluding tert-OH is 1. The number of methoxy groups -OCH3 is 1. The molecule has 1 saturated heterocycles. The number of pyridine rings is 1. The molecule has 2 atom stereocenters. The molecule has 3 aromatic rings. The molecular weight excluding hydrogens is 562 g/mol. The summed E-state index contributed by atoms with van der Waals surface area (Å²) >= 11 is 0. The van der Waals surface area contributed by atoms with Crippen molar-refractivity contribution >= 4 is 34.8 Å². The number of nitrogens with zero attached hydrogens (tertiary/aromatic N) is 3. The van der Waals surface area contributed by atoms with E-state index in [1.165, 1.54) is 28.8 Å². The first-order chi connectivity index (χ1) is 20.7. The molecule has 10 nitrogen and oxygen atoms in total. The van der Waals surface area contributed by atoms with Crippen LogP contribution in [0.25, 0.3) is 11.0 Å². The Morgan fingerprint density at radius 1 is 1.07 bits per heavy atom. The summed E-state index contributed by atoms with van der Waals surface area (Å²) in [5.41, 5.74) is -0.500. The molecule has 1 aliphatic heterocycles. The number of benzene rings is 1. The van der Waals surface area contributed by atoms with Crippen molar-refractivity contribution in [2.75, 3.05) is 19.0 Å². The van der Waals surface area contributed by atoms with E-state index in [0.717, 1.165) is 0 Å². The van der Waals surface area contributed by atoms with Crippen LogP contribution in [-0.2, 0) is 19.7 Å². The lowest BCUT2D eigenvalue weighted by Gasteiger charge is -2.42. The van der Waals surface area contributed by atoms with Crippen molar-refractivity contribution in [3.8, 4) is 5.75 Å². The molecule has 0 unspecified atom stereocenters. The lowest BCUT2D eigenvalue weighted by atomic mass is 9.67. The van der Waals surface area contributed by atoms with Crippen LogP contribution in [-0.4, -0.2) is 76.2 Å². The average molecular weight is 600 g/mol. The van der Waals surface area contributed by atoms with Crippen LogP contribution in [0.2, 0.25) is 0 Å². The van der Waals surface area contributed by atoms with E-state index in [0.29, 0.717) is 22.3 Å². The number of carbonyl (C=O) groups is 3. The minimum atomic E-state index is -2.89. The highest BCUT2D eigenvalue weighted by Gasteiger charge is 2.53. The molecule has 0 radical (unpaired) electrons. The number of aliphatic hydroxyl groups is 1. The Hall–Kier alpha value is -4.06. The number of β-amino-alcohol motifs (C(OH)–C–C–N with tert-alkyl or cyclic N) is 1. The maximum atomic E-state index is 14.3. The third-order valence-electron chi connectivity index (χ3n) is 8.10. The first kappa shape index (κ1) is 29.0. The average Bonchev–Trinajstić information content (AvgIpc) is 3.61. The summed E-state index contributed by atoms with van der Waals surface area (Å²) < 4.78 is 48.1. The Morgan fingerprint density at radius 3 is 2.40 bits per heavy atom. The Balaban J connectivity index is 1.40. The fourth-order valence-corrected chi connectivity index (χ4v) is 5.89. The molecule has 2 aromatic heterocycles. The molecule has 230 valence electrons. The summed E-state index contributed by atoms with van der Waals surface area (Å²) in [6.45, 7) is 5.24. The van der Waals surface area contributed by atoms with Gasteiger partial charge in [0.25, 0.3) is 0 Å². The van der Waals surface area contributed by atoms with E-state index in [2.05, 4.69) is 10.3 Å². The summed E-state index contributed by atoms with van der Waals surface area (Å²) in [5.74, 6) is -3.16. The molecule has 2 aliphatic rings. The quantitative estimate of drug-likeness (QED) is 0.414. The van der Waals surface area contributed by atoms with Gasteiger partial charge in [0.15, 0.2) is 0 Å². The number of fused-ring (bicyclic) bond motifs is 1. The molecule has 0 spiro atoms. The predicted octanol–water partition coefficient (Wildman–Crippen LogP) is 4.88. The van der Waals surface area contributed by atoms with Gasteiger partial charge in [0, 0.05) is 32.0 Å². The smallest absolute Gasteiger partial charge is 0.419 e. The Kier molecular flexibility index (Phi) is 7.57. The van der Waals surface area contributed by atoms with Gasteiger partial charge in [-0.3, -0.25) is 14.2 Å². The van der Waals surface area contributed by atoms with E-state index < -0.39 is 59.8 Å². The van der Waals surface area contributed by atoms with Crippen LogP contribution in [0.1, 0.15) is 58.4 Å². The number of nitrogens with one attached hydrogen (secondary N) is 1. The number of carbonyl (C=O) groups excluding carboxylic acids is 3. The standard InChI is InChI=1S/C31H36F2N4O6/c1-29(2,3)43-28(41)36-16-11-22-23(36)9-10-25(34-22)35-26(39)24-17-20(38)18-37(24)27(40)30(12-14-31(32,33)15-13-30)19-5-7-21(42-4)8-6-19/h5-11,16,20,24,38H,12-15,17-18H2,1-4H3,(H,34,35,39)/t20-,24-/m0/s1/i38D. The van der Waals surface area contributed by atoms with Gasteiger partial charge in [-0.05, 0) is 69.5 Å². The Morgan fingerprint density at radius 2 is 1.77 bits per heavy atom. The first-order valence-electron chi connectivity index (χ1n) is 14.6. The maximum Gasteiger partial charge on any atom is 0.419 e. The zero-order valence-electron chi connectivity index (χ0n) is 25.6. The van der Waals surface area contributed by atoms with E-state index in [-0.39, 0.29) is 31.6 Å². The highest BCUT2D eigenvalue weighted by molar-refractivity contribution is 6.00. The van der Waals surface area contributed by atoms with Gasteiger partial charge in [-0.15, -0.1) is 0 Å². The second kappa shape index (κ2) is 11.2. The van der Waals surface area contributed by atoms with Gasteiger partial charge in [0.1, 0.15) is 23.2 Å². The molecule has 1 aliphatic carbocycles. The van der Waals surface area contributed by atoms with Gasteiger partial charge >= 0.3 is 6.09 Å². The largest absolute Gasteiger partial charge is 0.497 e. The monoisotopic (exact) mass is 599 g/mol. The lowest BCUT2D eigenvalue weighted by molar-refractivity contribution is -0.146. The van der Waals surface area contributed by atoms with Gasteiger partial charge in [-0.2, -0.15) is 0 Å². The van der Waals surface area contributed by atoms with E-state index >= 15 is 0 Å². The fraction of sp³-hybridized carbons (Fsp3) is 0.484. The molecule has 12 heteroatoms. The zero-order chi connectivity index (χ0) is 31.9. The van der Waals surface area contributed by atoms with Crippen LogP contribution >= 0.6 is 0 Å². The van der Waals surface area contributed by atoms with Crippen LogP contribution in [0.3, 0.4) is 0 Å². The second-order valence-corrected chi connectivity index (χ2v) is 12.3. The number of anilines is 1. The predicted molar refractivity (Wildman–Crippen MR) is 154 cm³/mol. The van der Waals surface area contributed by atoms with Crippen molar-refractivity contribution in [1.29, 1.82) is 1.43 Å². The van der Waals surface area contributed by atoms with Gasteiger partial charge in [-0.25, -0.2) is 18.6 Å². The SMILES string of the molecule is [2H]O[C@H]1C[C@@H](C(=O)Nc2ccc3c(ccn3C(=O)OC(C)(C)C)n2)N(C(=O)C2(c3ccc(OC)cc3)CCC(F)(F)CC2)C1. The summed E-state index contributed by atoms with van der Waals surface area (Å²) in [5, 5.41) is 7.55. The zero-order valence-corrected chi connectivity index (χ0v) is 24.6. The summed E-state index contributed by atoms with van der Waals surface area (Å²) in [4.78, 5) is 46.4. The van der Waals surface area contributed by atoms with Crippen molar-refractivity contribution in [1.82, 2.24) is 14.5 Å². The van der Waals surface area contributed by atoms with Crippen molar-refractivity contribution in [2.45, 2.75) is 82.0 Å². The van der Waals surface area contributed by atoms with Gasteiger partial charge in [-0.1, -0.05) is 12.1 Å². The minimum absolute atomic E-state index is 0.0417. The summed E-state index contributed by atoms with van der Waals surface area (Å²) in [6.07, 6.45) is -0.888. The highest BCUT2D eigenvalue weighted by Crippen LogP contribution is 2.47. The number of ether oxygens (including phenoxy) is 2. The number of hydrogen-bond acceptors (Lipinski definition) is 7. The first-order valence-corrected chi connectivity index (χ1v) is 14.2. The van der Waals surface area contributed by atoms with Crippen LogP contribution in [0.5, 0.6) is 5.75 Å². The Labute approximate surface area is 249 Å². The van der Waals surface area contributed by atoms with E-state index in [4.69, 9.17) is 16.0 Å².